The van der Waals surface area contributed by atoms with Crippen molar-refractivity contribution in [2.75, 3.05) is 6.54 Å². The van der Waals surface area contributed by atoms with Crippen molar-refractivity contribution >= 4 is 5.91 Å². The summed E-state index contributed by atoms with van der Waals surface area (Å²) in [4.78, 5) is 11.5. The minimum Gasteiger partial charge on any atom is -0.386 e. The van der Waals surface area contributed by atoms with Gasteiger partial charge in [0.1, 0.15) is 0 Å². The Morgan fingerprint density at radius 2 is 2.27 bits per heavy atom. The highest BCUT2D eigenvalue weighted by Gasteiger charge is 2.30. The molecule has 0 spiro atoms. The van der Waals surface area contributed by atoms with Crippen LogP contribution in [0, 0.1) is 0 Å². The minimum absolute atomic E-state index is 0.0539. The first-order chi connectivity index (χ1) is 7.27. The lowest BCUT2D eigenvalue weighted by molar-refractivity contribution is -0.116. The molecule has 0 unspecified atom stereocenters. The van der Waals surface area contributed by atoms with Crippen molar-refractivity contribution in [1.82, 2.24) is 10.6 Å². The standard InChI is InChI=1S/C12H12N2O/c1-3-5-8(4-2)11-9-6-13-7-10(9)12(15)14-11/h3-5,7,13H,1-2,6H2,(H,14,15)/b8-5+. The summed E-state index contributed by atoms with van der Waals surface area (Å²) in [6.45, 7) is 8.04. The Balaban J connectivity index is 2.46. The molecule has 15 heavy (non-hydrogen) atoms. The molecule has 1 amide bonds. The van der Waals surface area contributed by atoms with Gasteiger partial charge in [0.25, 0.3) is 5.91 Å². The number of amides is 1. The average molecular weight is 200 g/mol. The van der Waals surface area contributed by atoms with Crippen molar-refractivity contribution in [3.8, 4) is 0 Å². The van der Waals surface area contributed by atoms with Gasteiger partial charge in [0.15, 0.2) is 0 Å². The summed E-state index contributed by atoms with van der Waals surface area (Å²) in [6.07, 6.45) is 6.97. The number of rotatable bonds is 3. The predicted octanol–water partition coefficient (Wildman–Crippen LogP) is 1.16. The second-order valence-corrected chi connectivity index (χ2v) is 3.31. The lowest BCUT2D eigenvalue weighted by Gasteiger charge is -2.05. The van der Waals surface area contributed by atoms with Gasteiger partial charge in [0.2, 0.25) is 0 Å². The highest BCUT2D eigenvalue weighted by molar-refractivity contribution is 6.04. The normalized spacial score (nSPS) is 19.3. The number of carbonyl (C=O) groups excluding carboxylic acids is 1. The van der Waals surface area contributed by atoms with E-state index in [0.717, 1.165) is 22.4 Å². The van der Waals surface area contributed by atoms with Crippen LogP contribution in [0.3, 0.4) is 0 Å². The molecule has 0 radical (unpaired) electrons. The van der Waals surface area contributed by atoms with E-state index in [1.54, 1.807) is 18.4 Å². The minimum atomic E-state index is -0.0539. The van der Waals surface area contributed by atoms with Crippen molar-refractivity contribution in [3.05, 3.63) is 60.0 Å². The highest BCUT2D eigenvalue weighted by Crippen LogP contribution is 2.28. The number of hydrogen-bond acceptors (Lipinski definition) is 2. The molecule has 0 aromatic carbocycles. The molecule has 2 rings (SSSR count). The summed E-state index contributed by atoms with van der Waals surface area (Å²) in [5, 5.41) is 5.87. The third-order valence-electron chi connectivity index (χ3n) is 2.44. The summed E-state index contributed by atoms with van der Waals surface area (Å²) in [5.74, 6) is -0.0539. The quantitative estimate of drug-likeness (QED) is 0.671. The van der Waals surface area contributed by atoms with Gasteiger partial charge >= 0.3 is 0 Å². The highest BCUT2D eigenvalue weighted by atomic mass is 16.2. The summed E-state index contributed by atoms with van der Waals surface area (Å²) in [5.41, 5.74) is 3.46. The molecule has 2 heterocycles. The fourth-order valence-electron chi connectivity index (χ4n) is 1.75. The first kappa shape index (κ1) is 9.52. The van der Waals surface area contributed by atoms with Gasteiger partial charge < -0.3 is 10.6 Å². The molecule has 3 heteroatoms. The molecule has 0 aliphatic carbocycles. The Bertz CT molecular complexity index is 439. The van der Waals surface area contributed by atoms with E-state index >= 15 is 0 Å². The van der Waals surface area contributed by atoms with Crippen molar-refractivity contribution in [3.63, 3.8) is 0 Å². The largest absolute Gasteiger partial charge is 0.386 e. The number of allylic oxidation sites excluding steroid dienone is 3. The molecular weight excluding hydrogens is 188 g/mol. The molecule has 0 aromatic rings. The maximum atomic E-state index is 11.5. The van der Waals surface area contributed by atoms with Crippen LogP contribution in [0.5, 0.6) is 0 Å². The van der Waals surface area contributed by atoms with E-state index in [0.29, 0.717) is 6.54 Å². The third kappa shape index (κ3) is 1.42. The lowest BCUT2D eigenvalue weighted by Crippen LogP contribution is -2.18. The molecule has 0 aromatic heterocycles. The number of hydrogen-bond donors (Lipinski definition) is 2. The molecule has 0 fully saturated rings. The molecule has 0 bridgehead atoms. The summed E-state index contributed by atoms with van der Waals surface area (Å²) >= 11 is 0. The zero-order chi connectivity index (χ0) is 10.8. The molecule has 3 nitrogen and oxygen atoms in total. The first-order valence-electron chi connectivity index (χ1n) is 4.72. The van der Waals surface area contributed by atoms with Gasteiger partial charge in [-0.1, -0.05) is 31.4 Å². The van der Waals surface area contributed by atoms with Gasteiger partial charge in [0, 0.05) is 18.3 Å². The first-order valence-corrected chi connectivity index (χ1v) is 4.72. The molecule has 2 aliphatic rings. The van der Waals surface area contributed by atoms with E-state index < -0.39 is 0 Å². The van der Waals surface area contributed by atoms with Crippen LogP contribution >= 0.6 is 0 Å². The monoisotopic (exact) mass is 200 g/mol. The van der Waals surface area contributed by atoms with Crippen LogP contribution in [0.2, 0.25) is 0 Å². The van der Waals surface area contributed by atoms with E-state index in [1.807, 2.05) is 6.08 Å². The van der Waals surface area contributed by atoms with Crippen molar-refractivity contribution in [2.24, 2.45) is 0 Å². The van der Waals surface area contributed by atoms with Crippen molar-refractivity contribution in [2.45, 2.75) is 0 Å². The van der Waals surface area contributed by atoms with Crippen LogP contribution < -0.4 is 10.6 Å². The Hall–Kier alpha value is -2.03. The SMILES string of the molecule is C=C/C=C(\C=C)C1=C2CNC=C2C(=O)N1. The fraction of sp³-hybridized carbons (Fsp3) is 0.0833. The van der Waals surface area contributed by atoms with E-state index in [4.69, 9.17) is 0 Å². The third-order valence-corrected chi connectivity index (χ3v) is 2.44. The van der Waals surface area contributed by atoms with Crippen LogP contribution in [-0.4, -0.2) is 12.5 Å². The van der Waals surface area contributed by atoms with Gasteiger partial charge in [0.05, 0.1) is 11.3 Å². The Morgan fingerprint density at radius 1 is 1.47 bits per heavy atom. The van der Waals surface area contributed by atoms with Crippen LogP contribution in [0.1, 0.15) is 0 Å². The zero-order valence-electron chi connectivity index (χ0n) is 8.34. The van der Waals surface area contributed by atoms with Gasteiger partial charge in [-0.2, -0.15) is 0 Å². The zero-order valence-corrected chi connectivity index (χ0v) is 8.34. The Morgan fingerprint density at radius 3 is 2.93 bits per heavy atom. The summed E-state index contributed by atoms with van der Waals surface area (Å²) < 4.78 is 0. The molecule has 0 saturated heterocycles. The molecular formula is C12H12N2O. The number of carbonyl (C=O) groups is 1. The smallest absolute Gasteiger partial charge is 0.257 e. The molecule has 0 atom stereocenters. The predicted molar refractivity (Wildman–Crippen MR) is 59.7 cm³/mol. The van der Waals surface area contributed by atoms with E-state index in [2.05, 4.69) is 23.8 Å². The second kappa shape index (κ2) is 3.61. The second-order valence-electron chi connectivity index (χ2n) is 3.31. The number of fused-ring (bicyclic) bond motifs is 1. The molecule has 2 aliphatic heterocycles. The topological polar surface area (TPSA) is 41.1 Å². The van der Waals surface area contributed by atoms with E-state index in [1.165, 1.54) is 0 Å². The fourth-order valence-corrected chi connectivity index (χ4v) is 1.75. The maximum absolute atomic E-state index is 11.5. The van der Waals surface area contributed by atoms with Gasteiger partial charge in [-0.3, -0.25) is 4.79 Å². The van der Waals surface area contributed by atoms with Gasteiger partial charge in [-0.15, -0.1) is 0 Å². The van der Waals surface area contributed by atoms with E-state index in [9.17, 15) is 4.79 Å². The van der Waals surface area contributed by atoms with Gasteiger partial charge in [-0.25, -0.2) is 0 Å². The van der Waals surface area contributed by atoms with Crippen LogP contribution in [0.4, 0.5) is 0 Å². The summed E-state index contributed by atoms with van der Waals surface area (Å²) in [7, 11) is 0. The van der Waals surface area contributed by atoms with Gasteiger partial charge in [-0.05, 0) is 5.57 Å². The lowest BCUT2D eigenvalue weighted by atomic mass is 10.1. The van der Waals surface area contributed by atoms with E-state index in [-0.39, 0.29) is 5.91 Å². The average Bonchev–Trinajstić information content (AvgIpc) is 2.80. The Labute approximate surface area is 88.6 Å². The molecule has 76 valence electrons. The van der Waals surface area contributed by atoms with Crippen molar-refractivity contribution < 1.29 is 4.79 Å². The van der Waals surface area contributed by atoms with Crippen LogP contribution in [0.15, 0.2) is 60.0 Å². The maximum Gasteiger partial charge on any atom is 0.257 e. The Kier molecular flexibility index (Phi) is 2.29. The number of nitrogens with one attached hydrogen (secondary N) is 2. The van der Waals surface area contributed by atoms with Crippen LogP contribution in [0.25, 0.3) is 0 Å². The summed E-state index contributed by atoms with van der Waals surface area (Å²) in [6, 6.07) is 0. The molecule has 2 N–H and O–H groups in total. The van der Waals surface area contributed by atoms with Crippen molar-refractivity contribution in [1.29, 1.82) is 0 Å². The molecule has 0 saturated carbocycles. The van der Waals surface area contributed by atoms with Crippen LogP contribution in [-0.2, 0) is 4.79 Å².